The summed E-state index contributed by atoms with van der Waals surface area (Å²) in [6, 6.07) is 1.95. The molecule has 0 N–H and O–H groups in total. The predicted molar refractivity (Wildman–Crippen MR) is 52.6 cm³/mol. The van der Waals surface area contributed by atoms with Crippen LogP contribution < -0.4 is 0 Å². The van der Waals surface area contributed by atoms with Gasteiger partial charge in [0.15, 0.2) is 0 Å². The molecule has 6 nitrogen and oxygen atoms in total. The molecule has 0 radical (unpaired) electrons. The first-order chi connectivity index (χ1) is 7.04. The average Bonchev–Trinajstić information content (AvgIpc) is 2.64. The molecule has 15 heavy (non-hydrogen) atoms. The fourth-order valence-electron chi connectivity index (χ4n) is 0.960. The Morgan fingerprint density at radius 1 is 1.73 bits per heavy atom. The molecule has 0 atom stereocenters. The summed E-state index contributed by atoms with van der Waals surface area (Å²) in [4.78, 5) is 16.9. The van der Waals surface area contributed by atoms with Crippen LogP contribution in [-0.4, -0.2) is 38.7 Å². The van der Waals surface area contributed by atoms with Gasteiger partial charge in [-0.05, 0) is 13.8 Å². The highest BCUT2D eigenvalue weighted by Crippen LogP contribution is 1.97. The third-order valence-electron chi connectivity index (χ3n) is 2.10. The number of nitriles is 1. The van der Waals surface area contributed by atoms with Gasteiger partial charge in [0, 0.05) is 13.1 Å². The lowest BCUT2D eigenvalue weighted by molar-refractivity contribution is -0.132. The van der Waals surface area contributed by atoms with Crippen molar-refractivity contribution in [2.24, 2.45) is 0 Å². The summed E-state index contributed by atoms with van der Waals surface area (Å²) in [6.07, 6.45) is 1.38. The molecule has 0 saturated heterocycles. The van der Waals surface area contributed by atoms with Crippen LogP contribution >= 0.6 is 0 Å². The summed E-state index contributed by atoms with van der Waals surface area (Å²) in [5, 5.41) is 12.3. The molecular formula is C9H13N5O. The van der Waals surface area contributed by atoms with Gasteiger partial charge in [-0.25, -0.2) is 9.67 Å². The molecule has 6 heteroatoms. The second kappa shape index (κ2) is 4.55. The van der Waals surface area contributed by atoms with Crippen molar-refractivity contribution in [3.63, 3.8) is 0 Å². The van der Waals surface area contributed by atoms with Crippen molar-refractivity contribution in [1.29, 1.82) is 5.26 Å². The van der Waals surface area contributed by atoms with E-state index in [0.29, 0.717) is 0 Å². The van der Waals surface area contributed by atoms with Gasteiger partial charge < -0.3 is 4.90 Å². The van der Waals surface area contributed by atoms with E-state index in [1.54, 1.807) is 18.0 Å². The maximum absolute atomic E-state index is 11.6. The van der Waals surface area contributed by atoms with Crippen LogP contribution in [0.2, 0.25) is 0 Å². The monoisotopic (exact) mass is 207 g/mol. The smallest absolute Gasteiger partial charge is 0.252 e. The number of nitrogens with zero attached hydrogens (tertiary/aromatic N) is 5. The van der Waals surface area contributed by atoms with Crippen LogP contribution in [0.3, 0.4) is 0 Å². The number of hydrogen-bond acceptors (Lipinski definition) is 4. The van der Waals surface area contributed by atoms with Crippen LogP contribution in [0.4, 0.5) is 0 Å². The van der Waals surface area contributed by atoms with E-state index in [0.717, 1.165) is 0 Å². The summed E-state index contributed by atoms with van der Waals surface area (Å²) < 4.78 is 1.36. The Hall–Kier alpha value is -1.90. The van der Waals surface area contributed by atoms with E-state index < -0.39 is 0 Å². The van der Waals surface area contributed by atoms with Crippen molar-refractivity contribution in [2.75, 3.05) is 7.05 Å². The standard InChI is InChI=1S/C9H13N5O/c1-7(2)13(3)9(15)5-14-6-11-8(4-10)12-14/h6-7H,5H2,1-3H3. The Kier molecular flexibility index (Phi) is 3.39. The number of carbonyl (C=O) groups excluding carboxylic acids is 1. The van der Waals surface area contributed by atoms with Crippen LogP contribution in [-0.2, 0) is 11.3 Å². The SMILES string of the molecule is CC(C)N(C)C(=O)Cn1cnc(C#N)n1. The number of amides is 1. The van der Waals surface area contributed by atoms with E-state index in [-0.39, 0.29) is 24.3 Å². The summed E-state index contributed by atoms with van der Waals surface area (Å²) >= 11 is 0. The summed E-state index contributed by atoms with van der Waals surface area (Å²) in [7, 11) is 1.73. The Morgan fingerprint density at radius 3 is 2.87 bits per heavy atom. The molecule has 0 aliphatic carbocycles. The van der Waals surface area contributed by atoms with Gasteiger partial charge in [-0.15, -0.1) is 5.10 Å². The van der Waals surface area contributed by atoms with Gasteiger partial charge in [-0.3, -0.25) is 4.79 Å². The third kappa shape index (κ3) is 2.77. The van der Waals surface area contributed by atoms with Crippen LogP contribution in [0.5, 0.6) is 0 Å². The van der Waals surface area contributed by atoms with E-state index in [9.17, 15) is 4.79 Å². The van der Waals surface area contributed by atoms with Crippen molar-refractivity contribution < 1.29 is 4.79 Å². The topological polar surface area (TPSA) is 74.8 Å². The Labute approximate surface area is 88.1 Å². The Bertz CT molecular complexity index is 389. The minimum atomic E-state index is -0.0561. The minimum Gasteiger partial charge on any atom is -0.342 e. The number of hydrogen-bond donors (Lipinski definition) is 0. The fourth-order valence-corrected chi connectivity index (χ4v) is 0.960. The van der Waals surface area contributed by atoms with Crippen molar-refractivity contribution in [1.82, 2.24) is 19.7 Å². The quantitative estimate of drug-likeness (QED) is 0.700. The summed E-state index contributed by atoms with van der Waals surface area (Å²) in [5.74, 6) is 0.0226. The molecule has 0 bridgehead atoms. The molecule has 1 rings (SSSR count). The van der Waals surface area contributed by atoms with Crippen molar-refractivity contribution in [2.45, 2.75) is 26.4 Å². The molecule has 0 aliphatic heterocycles. The maximum Gasteiger partial charge on any atom is 0.252 e. The lowest BCUT2D eigenvalue weighted by atomic mass is 10.3. The highest BCUT2D eigenvalue weighted by molar-refractivity contribution is 5.75. The van der Waals surface area contributed by atoms with Crippen molar-refractivity contribution in [3.8, 4) is 6.07 Å². The molecule has 1 aromatic heterocycles. The first kappa shape index (κ1) is 11.2. The summed E-state index contributed by atoms with van der Waals surface area (Å²) in [6.45, 7) is 3.98. The highest BCUT2D eigenvalue weighted by Gasteiger charge is 2.13. The molecule has 0 spiro atoms. The van der Waals surface area contributed by atoms with E-state index in [1.165, 1.54) is 11.0 Å². The fraction of sp³-hybridized carbons (Fsp3) is 0.556. The Balaban J connectivity index is 2.63. The second-order valence-electron chi connectivity index (χ2n) is 3.48. The lowest BCUT2D eigenvalue weighted by Gasteiger charge is -2.20. The van der Waals surface area contributed by atoms with E-state index >= 15 is 0 Å². The zero-order valence-electron chi connectivity index (χ0n) is 9.01. The largest absolute Gasteiger partial charge is 0.342 e. The van der Waals surface area contributed by atoms with Gasteiger partial charge in [-0.1, -0.05) is 0 Å². The molecule has 80 valence electrons. The van der Waals surface area contributed by atoms with Crippen molar-refractivity contribution >= 4 is 5.91 Å². The zero-order valence-corrected chi connectivity index (χ0v) is 9.01. The molecule has 0 fully saturated rings. The van der Waals surface area contributed by atoms with Crippen LogP contribution in [0.25, 0.3) is 0 Å². The number of likely N-dealkylation sites (N-methyl/N-ethyl adjacent to an activating group) is 1. The van der Waals surface area contributed by atoms with Crippen LogP contribution in [0.1, 0.15) is 19.7 Å². The normalized spacial score (nSPS) is 10.1. The Morgan fingerprint density at radius 2 is 2.40 bits per heavy atom. The first-order valence-corrected chi connectivity index (χ1v) is 4.59. The minimum absolute atomic E-state index is 0.0561. The van der Waals surface area contributed by atoms with E-state index in [4.69, 9.17) is 5.26 Å². The number of rotatable bonds is 3. The number of carbonyl (C=O) groups is 1. The molecule has 1 heterocycles. The molecule has 0 aromatic carbocycles. The van der Waals surface area contributed by atoms with Gasteiger partial charge in [-0.2, -0.15) is 5.26 Å². The molecule has 0 aliphatic rings. The maximum atomic E-state index is 11.6. The highest BCUT2D eigenvalue weighted by atomic mass is 16.2. The van der Waals surface area contributed by atoms with Gasteiger partial charge in [0.25, 0.3) is 5.82 Å². The van der Waals surface area contributed by atoms with Gasteiger partial charge in [0.2, 0.25) is 5.91 Å². The lowest BCUT2D eigenvalue weighted by Crippen LogP contribution is -2.35. The molecule has 1 amide bonds. The average molecular weight is 207 g/mol. The molecular weight excluding hydrogens is 194 g/mol. The predicted octanol–water partition coefficient (Wildman–Crippen LogP) is 0.0166. The van der Waals surface area contributed by atoms with E-state index in [2.05, 4.69) is 10.1 Å². The second-order valence-corrected chi connectivity index (χ2v) is 3.48. The summed E-state index contributed by atoms with van der Waals surface area (Å²) in [5.41, 5.74) is 0. The van der Waals surface area contributed by atoms with Gasteiger partial charge >= 0.3 is 0 Å². The van der Waals surface area contributed by atoms with Crippen LogP contribution in [0, 0.1) is 11.3 Å². The van der Waals surface area contributed by atoms with Crippen LogP contribution in [0.15, 0.2) is 6.33 Å². The first-order valence-electron chi connectivity index (χ1n) is 4.59. The molecule has 0 unspecified atom stereocenters. The van der Waals surface area contributed by atoms with E-state index in [1.807, 2.05) is 13.8 Å². The third-order valence-corrected chi connectivity index (χ3v) is 2.10. The zero-order chi connectivity index (χ0) is 11.4. The van der Waals surface area contributed by atoms with Gasteiger partial charge in [0.05, 0.1) is 0 Å². The van der Waals surface area contributed by atoms with Gasteiger partial charge in [0.1, 0.15) is 18.9 Å². The van der Waals surface area contributed by atoms with Crippen molar-refractivity contribution in [3.05, 3.63) is 12.2 Å². The number of aromatic nitrogens is 3. The molecule has 0 saturated carbocycles. The molecule has 1 aromatic rings.